The summed E-state index contributed by atoms with van der Waals surface area (Å²) in [5, 5.41) is 3.52. The highest BCUT2D eigenvalue weighted by atomic mass is 15.3. The van der Waals surface area contributed by atoms with Crippen molar-refractivity contribution in [2.24, 2.45) is 5.73 Å². The van der Waals surface area contributed by atoms with Gasteiger partial charge in [-0.25, -0.2) is 0 Å². The van der Waals surface area contributed by atoms with Crippen LogP contribution >= 0.6 is 0 Å². The predicted molar refractivity (Wildman–Crippen MR) is 61.9 cm³/mol. The fraction of sp³-hybridized carbons (Fsp3) is 0.500. The van der Waals surface area contributed by atoms with Crippen molar-refractivity contribution < 1.29 is 0 Å². The molecule has 0 amide bonds. The highest BCUT2D eigenvalue weighted by Crippen LogP contribution is 2.29. The second-order valence-corrected chi connectivity index (χ2v) is 4.52. The van der Waals surface area contributed by atoms with Gasteiger partial charge >= 0.3 is 0 Å². The maximum absolute atomic E-state index is 5.66. The van der Waals surface area contributed by atoms with Gasteiger partial charge in [0.05, 0.1) is 0 Å². The standard InChI is InChI=1S/C12H17N3/c13-6-9-2-1-3-11(4-9)15-8-10-5-12(15)7-14-10/h1-4,10,12,14H,5-8,13H2. The molecule has 0 saturated carbocycles. The molecule has 80 valence electrons. The second-order valence-electron chi connectivity index (χ2n) is 4.52. The molecule has 2 bridgehead atoms. The lowest BCUT2D eigenvalue weighted by Gasteiger charge is -2.29. The van der Waals surface area contributed by atoms with Gasteiger partial charge in [-0.05, 0) is 24.1 Å². The molecule has 2 atom stereocenters. The van der Waals surface area contributed by atoms with Gasteiger partial charge in [-0.15, -0.1) is 0 Å². The number of rotatable bonds is 2. The lowest BCUT2D eigenvalue weighted by Crippen LogP contribution is -2.43. The normalized spacial score (nSPS) is 28.7. The number of hydrogen-bond donors (Lipinski definition) is 2. The molecule has 0 aliphatic carbocycles. The van der Waals surface area contributed by atoms with E-state index in [-0.39, 0.29) is 0 Å². The van der Waals surface area contributed by atoms with Gasteiger partial charge in [0.1, 0.15) is 0 Å². The van der Waals surface area contributed by atoms with E-state index < -0.39 is 0 Å². The van der Waals surface area contributed by atoms with Gasteiger partial charge in [-0.1, -0.05) is 12.1 Å². The zero-order chi connectivity index (χ0) is 10.3. The van der Waals surface area contributed by atoms with Crippen LogP contribution in [0.5, 0.6) is 0 Å². The lowest BCUT2D eigenvalue weighted by molar-refractivity contribution is 0.580. The third-order valence-electron chi connectivity index (χ3n) is 3.53. The largest absolute Gasteiger partial charge is 0.366 e. The molecule has 1 aromatic carbocycles. The Balaban J connectivity index is 1.86. The van der Waals surface area contributed by atoms with Gasteiger partial charge in [0.2, 0.25) is 0 Å². The third-order valence-corrected chi connectivity index (χ3v) is 3.53. The number of benzene rings is 1. The number of anilines is 1. The van der Waals surface area contributed by atoms with E-state index in [1.165, 1.54) is 17.7 Å². The Morgan fingerprint density at radius 1 is 1.47 bits per heavy atom. The van der Waals surface area contributed by atoms with Crippen molar-refractivity contribution in [3.8, 4) is 0 Å². The van der Waals surface area contributed by atoms with Crippen LogP contribution in [0.25, 0.3) is 0 Å². The van der Waals surface area contributed by atoms with Gasteiger partial charge in [-0.2, -0.15) is 0 Å². The Morgan fingerprint density at radius 2 is 2.40 bits per heavy atom. The van der Waals surface area contributed by atoms with Gasteiger partial charge in [0.15, 0.2) is 0 Å². The highest BCUT2D eigenvalue weighted by molar-refractivity contribution is 5.51. The van der Waals surface area contributed by atoms with Gasteiger partial charge in [-0.3, -0.25) is 0 Å². The van der Waals surface area contributed by atoms with Crippen LogP contribution in [0.3, 0.4) is 0 Å². The zero-order valence-electron chi connectivity index (χ0n) is 8.82. The molecule has 0 radical (unpaired) electrons. The van der Waals surface area contributed by atoms with Gasteiger partial charge in [0, 0.05) is 37.4 Å². The van der Waals surface area contributed by atoms with E-state index in [2.05, 4.69) is 34.5 Å². The lowest BCUT2D eigenvalue weighted by atomic mass is 10.1. The maximum atomic E-state index is 5.66. The summed E-state index contributed by atoms with van der Waals surface area (Å²) in [4.78, 5) is 2.51. The second kappa shape index (κ2) is 3.51. The summed E-state index contributed by atoms with van der Waals surface area (Å²) in [6, 6.07) is 10.0. The maximum Gasteiger partial charge on any atom is 0.0430 e. The average Bonchev–Trinajstić information content (AvgIpc) is 2.91. The molecule has 0 spiro atoms. The number of piperazine rings is 1. The van der Waals surface area contributed by atoms with E-state index in [1.54, 1.807) is 0 Å². The molecule has 3 rings (SSSR count). The summed E-state index contributed by atoms with van der Waals surface area (Å²) < 4.78 is 0. The molecule has 2 saturated heterocycles. The van der Waals surface area contributed by atoms with E-state index in [0.29, 0.717) is 18.6 Å². The Hall–Kier alpha value is -1.06. The van der Waals surface area contributed by atoms with Crippen molar-refractivity contribution in [1.29, 1.82) is 0 Å². The molecule has 2 unspecified atom stereocenters. The van der Waals surface area contributed by atoms with E-state index in [4.69, 9.17) is 5.73 Å². The smallest absolute Gasteiger partial charge is 0.0430 e. The summed E-state index contributed by atoms with van der Waals surface area (Å²) in [7, 11) is 0. The number of nitrogens with one attached hydrogen (secondary N) is 1. The quantitative estimate of drug-likeness (QED) is 0.743. The summed E-state index contributed by atoms with van der Waals surface area (Å²) >= 11 is 0. The molecule has 3 N–H and O–H groups in total. The van der Waals surface area contributed by atoms with Crippen molar-refractivity contribution >= 4 is 5.69 Å². The van der Waals surface area contributed by atoms with Crippen LogP contribution < -0.4 is 16.0 Å². The van der Waals surface area contributed by atoms with Crippen LogP contribution in [0, 0.1) is 0 Å². The van der Waals surface area contributed by atoms with Crippen LogP contribution in [-0.4, -0.2) is 25.2 Å². The molecular weight excluding hydrogens is 186 g/mol. The third kappa shape index (κ3) is 1.52. The summed E-state index contributed by atoms with van der Waals surface area (Å²) in [6.45, 7) is 2.92. The first-order valence-electron chi connectivity index (χ1n) is 5.66. The minimum atomic E-state index is 0.633. The first-order chi connectivity index (χ1) is 7.36. The van der Waals surface area contributed by atoms with Crippen molar-refractivity contribution in [3.63, 3.8) is 0 Å². The predicted octanol–water partition coefficient (Wildman–Crippen LogP) is 0.696. The molecule has 2 heterocycles. The van der Waals surface area contributed by atoms with E-state index in [1.807, 2.05) is 0 Å². The number of nitrogens with zero attached hydrogens (tertiary/aromatic N) is 1. The van der Waals surface area contributed by atoms with Crippen LogP contribution in [0.15, 0.2) is 24.3 Å². The molecule has 1 aromatic rings. The minimum Gasteiger partial charge on any atom is -0.366 e. The summed E-state index contributed by atoms with van der Waals surface area (Å²) in [5.74, 6) is 0. The molecule has 0 aromatic heterocycles. The highest BCUT2D eigenvalue weighted by Gasteiger charge is 2.37. The van der Waals surface area contributed by atoms with Gasteiger partial charge < -0.3 is 16.0 Å². The first kappa shape index (κ1) is 9.19. The van der Waals surface area contributed by atoms with E-state index >= 15 is 0 Å². The minimum absolute atomic E-state index is 0.633. The van der Waals surface area contributed by atoms with Crippen LogP contribution in [0.4, 0.5) is 5.69 Å². The summed E-state index contributed by atoms with van der Waals surface area (Å²) in [5.41, 5.74) is 8.23. The molecular formula is C12H17N3. The molecule has 2 aliphatic heterocycles. The molecule has 3 nitrogen and oxygen atoms in total. The molecule has 3 heteroatoms. The monoisotopic (exact) mass is 203 g/mol. The Morgan fingerprint density at radius 3 is 3.07 bits per heavy atom. The van der Waals surface area contributed by atoms with Crippen LogP contribution in [0.2, 0.25) is 0 Å². The Kier molecular flexibility index (Phi) is 2.15. The Labute approximate surface area is 90.3 Å². The van der Waals surface area contributed by atoms with Crippen molar-refractivity contribution in [1.82, 2.24) is 5.32 Å². The van der Waals surface area contributed by atoms with Crippen molar-refractivity contribution in [2.45, 2.75) is 25.0 Å². The average molecular weight is 203 g/mol. The van der Waals surface area contributed by atoms with Crippen LogP contribution in [-0.2, 0) is 6.54 Å². The Bertz CT molecular complexity index is 364. The first-order valence-corrected chi connectivity index (χ1v) is 5.66. The fourth-order valence-electron chi connectivity index (χ4n) is 2.74. The van der Waals surface area contributed by atoms with E-state index in [9.17, 15) is 0 Å². The SMILES string of the molecule is NCc1cccc(N2CC3CC2CN3)c1. The number of nitrogens with two attached hydrogens (primary N) is 1. The number of hydrogen-bond acceptors (Lipinski definition) is 3. The molecule has 2 aliphatic rings. The zero-order valence-corrected chi connectivity index (χ0v) is 8.82. The summed E-state index contributed by atoms with van der Waals surface area (Å²) in [6.07, 6.45) is 1.30. The molecule has 15 heavy (non-hydrogen) atoms. The van der Waals surface area contributed by atoms with E-state index in [0.717, 1.165) is 13.1 Å². The van der Waals surface area contributed by atoms with Crippen LogP contribution in [0.1, 0.15) is 12.0 Å². The fourth-order valence-corrected chi connectivity index (χ4v) is 2.74. The van der Waals surface area contributed by atoms with Crippen molar-refractivity contribution in [3.05, 3.63) is 29.8 Å². The topological polar surface area (TPSA) is 41.3 Å². The number of fused-ring (bicyclic) bond motifs is 2. The van der Waals surface area contributed by atoms with Gasteiger partial charge in [0.25, 0.3) is 0 Å². The molecule has 2 fully saturated rings. The van der Waals surface area contributed by atoms with Crippen molar-refractivity contribution in [2.75, 3.05) is 18.0 Å².